The van der Waals surface area contributed by atoms with E-state index in [9.17, 15) is 9.59 Å². The first-order chi connectivity index (χ1) is 12.3. The summed E-state index contributed by atoms with van der Waals surface area (Å²) in [5.41, 5.74) is -1.34. The van der Waals surface area contributed by atoms with E-state index < -0.39 is 16.4 Å². The highest BCUT2D eigenvalue weighted by Crippen LogP contribution is 2.66. The summed E-state index contributed by atoms with van der Waals surface area (Å²) >= 11 is 0. The van der Waals surface area contributed by atoms with Gasteiger partial charge in [0.1, 0.15) is 0 Å². The van der Waals surface area contributed by atoms with Crippen molar-refractivity contribution >= 4 is 28.3 Å². The van der Waals surface area contributed by atoms with E-state index >= 15 is 0 Å². The average molecular weight is 351 g/mol. The first-order valence-corrected chi connectivity index (χ1v) is 9.32. The number of hydrogen-bond donors (Lipinski definition) is 0. The summed E-state index contributed by atoms with van der Waals surface area (Å²) in [5.74, 6) is -0.341. The van der Waals surface area contributed by atoms with Crippen LogP contribution in [0.3, 0.4) is 0 Å². The summed E-state index contributed by atoms with van der Waals surface area (Å²) in [5, 5.41) is 2.12. The van der Waals surface area contributed by atoms with Crippen molar-refractivity contribution in [3.05, 3.63) is 42.5 Å². The summed E-state index contributed by atoms with van der Waals surface area (Å²) < 4.78 is 5.81. The molecule has 2 bridgehead atoms. The second-order valence-electron chi connectivity index (χ2n) is 8.22. The van der Waals surface area contributed by atoms with Crippen LogP contribution >= 0.6 is 0 Å². The van der Waals surface area contributed by atoms with Gasteiger partial charge in [-0.1, -0.05) is 50.2 Å². The summed E-state index contributed by atoms with van der Waals surface area (Å²) in [6, 6.07) is 14.0. The van der Waals surface area contributed by atoms with Gasteiger partial charge in [-0.3, -0.25) is 9.59 Å². The largest absolute Gasteiger partial charge is 0.448 e. The zero-order chi connectivity index (χ0) is 18.7. The first kappa shape index (κ1) is 17.1. The third-order valence-corrected chi connectivity index (χ3v) is 7.05. The van der Waals surface area contributed by atoms with Crippen LogP contribution in [0, 0.1) is 10.8 Å². The number of ether oxygens (including phenoxy) is 1. The topological polar surface area (TPSA) is 46.6 Å². The first-order valence-electron chi connectivity index (χ1n) is 9.32. The Morgan fingerprint density at radius 3 is 2.38 bits per heavy atom. The van der Waals surface area contributed by atoms with Crippen LogP contribution in [0.2, 0.25) is 0 Å². The highest BCUT2D eigenvalue weighted by molar-refractivity contribution is 6.09. The van der Waals surface area contributed by atoms with Gasteiger partial charge in [-0.2, -0.15) is 0 Å². The minimum atomic E-state index is -1.08. The van der Waals surface area contributed by atoms with Crippen molar-refractivity contribution in [2.45, 2.75) is 46.1 Å². The lowest BCUT2D eigenvalue weighted by molar-refractivity contribution is -0.167. The molecular formula is C22H25NO3. The lowest BCUT2D eigenvalue weighted by Gasteiger charge is -2.39. The van der Waals surface area contributed by atoms with Crippen molar-refractivity contribution in [1.29, 1.82) is 0 Å². The smallest absolute Gasteiger partial charge is 0.313 e. The molecule has 1 saturated heterocycles. The number of amides is 1. The highest BCUT2D eigenvalue weighted by Gasteiger charge is 2.76. The molecule has 26 heavy (non-hydrogen) atoms. The summed E-state index contributed by atoms with van der Waals surface area (Å²) in [6.07, 6.45) is 1.28. The predicted molar refractivity (Wildman–Crippen MR) is 102 cm³/mol. The molecular weight excluding hydrogens is 326 g/mol. The van der Waals surface area contributed by atoms with Gasteiger partial charge in [0.25, 0.3) is 5.91 Å². The quantitative estimate of drug-likeness (QED) is 0.774. The fourth-order valence-electron chi connectivity index (χ4n) is 4.81. The van der Waals surface area contributed by atoms with Crippen molar-refractivity contribution in [2.24, 2.45) is 10.8 Å². The molecule has 4 rings (SSSR count). The Balaban J connectivity index is 1.83. The molecule has 2 atom stereocenters. The Morgan fingerprint density at radius 2 is 1.77 bits per heavy atom. The number of carbonyl (C=O) groups excluding carboxylic acids is 2. The molecule has 1 amide bonds. The molecule has 1 aliphatic heterocycles. The van der Waals surface area contributed by atoms with Crippen molar-refractivity contribution in [1.82, 2.24) is 0 Å². The number of rotatable bonds is 3. The summed E-state index contributed by atoms with van der Waals surface area (Å²) in [4.78, 5) is 28.1. The normalized spacial score (nSPS) is 29.0. The van der Waals surface area contributed by atoms with E-state index in [-0.39, 0.29) is 11.9 Å². The molecule has 2 fully saturated rings. The number of nitrogens with zero attached hydrogens (tertiary/aromatic N) is 1. The monoisotopic (exact) mass is 351 g/mol. The van der Waals surface area contributed by atoms with Gasteiger partial charge in [-0.15, -0.1) is 0 Å². The Hall–Kier alpha value is -2.36. The fourth-order valence-corrected chi connectivity index (χ4v) is 4.81. The van der Waals surface area contributed by atoms with Gasteiger partial charge in [0.2, 0.25) is 0 Å². The standard InChI is InChI=1S/C22H25NO3/c1-5-23(17-12-8-10-15-9-6-7-11-16(15)17)18(24)22-14-13-21(4,19(25)26-22)20(22,2)3/h6-12H,5,13-14H2,1-4H3. The lowest BCUT2D eigenvalue weighted by Crippen LogP contribution is -2.55. The van der Waals surface area contributed by atoms with Crippen LogP contribution in [0.5, 0.6) is 0 Å². The number of hydrogen-bond acceptors (Lipinski definition) is 3. The van der Waals surface area contributed by atoms with Gasteiger partial charge in [0.05, 0.1) is 11.1 Å². The zero-order valence-electron chi connectivity index (χ0n) is 15.8. The number of carbonyl (C=O) groups is 2. The molecule has 0 radical (unpaired) electrons. The molecule has 4 nitrogen and oxygen atoms in total. The van der Waals surface area contributed by atoms with E-state index in [4.69, 9.17) is 4.74 Å². The van der Waals surface area contributed by atoms with Gasteiger partial charge in [0, 0.05) is 17.3 Å². The molecule has 2 aromatic rings. The molecule has 0 aromatic heterocycles. The molecule has 1 aliphatic carbocycles. The number of esters is 1. The van der Waals surface area contributed by atoms with Crippen LogP contribution in [-0.2, 0) is 14.3 Å². The Bertz CT molecular complexity index is 913. The molecule has 0 spiro atoms. The Kier molecular flexibility index (Phi) is 3.49. The van der Waals surface area contributed by atoms with Crippen molar-refractivity contribution in [3.8, 4) is 0 Å². The number of fused-ring (bicyclic) bond motifs is 3. The third-order valence-electron chi connectivity index (χ3n) is 7.05. The Labute approximate surface area is 154 Å². The second kappa shape index (κ2) is 5.32. The maximum absolute atomic E-state index is 13.8. The predicted octanol–water partition coefficient (Wildman–Crippen LogP) is 4.31. The van der Waals surface area contributed by atoms with Crippen LogP contribution in [0.1, 0.15) is 40.5 Å². The molecule has 4 heteroatoms. The van der Waals surface area contributed by atoms with Crippen molar-refractivity contribution in [3.63, 3.8) is 0 Å². The van der Waals surface area contributed by atoms with E-state index in [2.05, 4.69) is 0 Å². The van der Waals surface area contributed by atoms with E-state index in [1.807, 2.05) is 70.2 Å². The van der Waals surface area contributed by atoms with Crippen molar-refractivity contribution < 1.29 is 14.3 Å². The van der Waals surface area contributed by atoms with E-state index in [0.717, 1.165) is 16.5 Å². The van der Waals surface area contributed by atoms with E-state index in [1.165, 1.54) is 0 Å². The molecule has 2 aliphatic rings. The lowest BCUT2D eigenvalue weighted by atomic mass is 9.66. The van der Waals surface area contributed by atoms with E-state index in [1.54, 1.807) is 4.90 Å². The minimum Gasteiger partial charge on any atom is -0.448 e. The van der Waals surface area contributed by atoms with Crippen LogP contribution in [0.25, 0.3) is 10.8 Å². The minimum absolute atomic E-state index is 0.101. The molecule has 0 N–H and O–H groups in total. The molecule has 2 aromatic carbocycles. The van der Waals surface area contributed by atoms with Crippen LogP contribution in [0.15, 0.2) is 42.5 Å². The summed E-state index contributed by atoms with van der Waals surface area (Å²) in [6.45, 7) is 8.43. The van der Waals surface area contributed by atoms with Gasteiger partial charge in [-0.25, -0.2) is 0 Å². The molecule has 2 unspecified atom stereocenters. The number of benzene rings is 2. The van der Waals surface area contributed by atoms with Gasteiger partial charge in [-0.05, 0) is 38.1 Å². The second-order valence-corrected chi connectivity index (χ2v) is 8.22. The molecule has 1 heterocycles. The average Bonchev–Trinajstić information content (AvgIpc) is 2.93. The van der Waals surface area contributed by atoms with Crippen LogP contribution in [-0.4, -0.2) is 24.0 Å². The Morgan fingerprint density at radius 1 is 1.08 bits per heavy atom. The van der Waals surface area contributed by atoms with Gasteiger partial charge in [0.15, 0.2) is 5.60 Å². The molecule has 136 valence electrons. The maximum atomic E-state index is 13.8. The highest BCUT2D eigenvalue weighted by atomic mass is 16.6. The number of likely N-dealkylation sites (N-methyl/N-ethyl adjacent to an activating group) is 1. The van der Waals surface area contributed by atoms with Gasteiger partial charge >= 0.3 is 5.97 Å². The maximum Gasteiger partial charge on any atom is 0.313 e. The van der Waals surface area contributed by atoms with Gasteiger partial charge < -0.3 is 9.64 Å². The van der Waals surface area contributed by atoms with Crippen LogP contribution < -0.4 is 4.90 Å². The zero-order valence-corrected chi connectivity index (χ0v) is 15.8. The third kappa shape index (κ3) is 1.85. The van der Waals surface area contributed by atoms with Crippen molar-refractivity contribution in [2.75, 3.05) is 11.4 Å². The molecule has 1 saturated carbocycles. The van der Waals surface area contributed by atoms with Crippen LogP contribution in [0.4, 0.5) is 5.69 Å². The number of anilines is 1. The fraction of sp³-hybridized carbons (Fsp3) is 0.455. The summed E-state index contributed by atoms with van der Waals surface area (Å²) in [7, 11) is 0. The van der Waals surface area contributed by atoms with E-state index in [0.29, 0.717) is 19.4 Å². The SMILES string of the molecule is CCN(C(=O)C12CCC(C)(C(=O)O1)C2(C)C)c1cccc2ccccc12.